The van der Waals surface area contributed by atoms with Crippen LogP contribution in [0.15, 0.2) is 48.9 Å². The SMILES string of the molecule is CN(C)c1cc(-c2cccc(-c3ccn[nH]3)c2)ncn1. The highest BCUT2D eigenvalue weighted by atomic mass is 15.1. The Hall–Kier alpha value is -2.69. The number of anilines is 1. The van der Waals surface area contributed by atoms with Crippen molar-refractivity contribution in [3.8, 4) is 22.5 Å². The maximum Gasteiger partial charge on any atom is 0.132 e. The highest BCUT2D eigenvalue weighted by molar-refractivity contribution is 5.70. The van der Waals surface area contributed by atoms with Crippen LogP contribution >= 0.6 is 0 Å². The second-order valence-corrected chi connectivity index (χ2v) is 4.71. The van der Waals surface area contributed by atoms with Gasteiger partial charge in [-0.3, -0.25) is 5.10 Å². The molecule has 3 aromatic rings. The van der Waals surface area contributed by atoms with Crippen LogP contribution in [0.3, 0.4) is 0 Å². The third-order valence-corrected chi connectivity index (χ3v) is 3.08. The lowest BCUT2D eigenvalue weighted by molar-refractivity contribution is 1.04. The highest BCUT2D eigenvalue weighted by Gasteiger charge is 2.05. The van der Waals surface area contributed by atoms with Gasteiger partial charge in [0.25, 0.3) is 0 Å². The maximum atomic E-state index is 4.35. The Bertz CT molecular complexity index is 704. The van der Waals surface area contributed by atoms with Crippen LogP contribution in [0, 0.1) is 0 Å². The summed E-state index contributed by atoms with van der Waals surface area (Å²) in [6.07, 6.45) is 3.34. The van der Waals surface area contributed by atoms with Crippen LogP contribution in [-0.4, -0.2) is 34.3 Å². The maximum absolute atomic E-state index is 4.35. The second-order valence-electron chi connectivity index (χ2n) is 4.71. The van der Waals surface area contributed by atoms with E-state index in [-0.39, 0.29) is 0 Å². The molecule has 20 heavy (non-hydrogen) atoms. The van der Waals surface area contributed by atoms with Crippen molar-refractivity contribution in [1.29, 1.82) is 0 Å². The van der Waals surface area contributed by atoms with Gasteiger partial charge in [-0.15, -0.1) is 0 Å². The van der Waals surface area contributed by atoms with E-state index in [9.17, 15) is 0 Å². The molecule has 5 heteroatoms. The molecule has 0 aliphatic heterocycles. The number of nitrogens with zero attached hydrogens (tertiary/aromatic N) is 4. The number of benzene rings is 1. The summed E-state index contributed by atoms with van der Waals surface area (Å²) >= 11 is 0. The Morgan fingerprint density at radius 2 is 1.85 bits per heavy atom. The molecule has 0 unspecified atom stereocenters. The summed E-state index contributed by atoms with van der Waals surface area (Å²) in [5.41, 5.74) is 4.05. The van der Waals surface area contributed by atoms with Gasteiger partial charge in [0.2, 0.25) is 0 Å². The third kappa shape index (κ3) is 2.38. The van der Waals surface area contributed by atoms with Crippen molar-refractivity contribution in [3.63, 3.8) is 0 Å². The van der Waals surface area contributed by atoms with Crippen LogP contribution in [0.4, 0.5) is 5.82 Å². The molecule has 100 valence electrons. The lowest BCUT2D eigenvalue weighted by atomic mass is 10.1. The molecule has 0 atom stereocenters. The van der Waals surface area contributed by atoms with Gasteiger partial charge in [-0.1, -0.05) is 18.2 Å². The van der Waals surface area contributed by atoms with E-state index in [1.807, 2.05) is 49.3 Å². The van der Waals surface area contributed by atoms with E-state index >= 15 is 0 Å². The van der Waals surface area contributed by atoms with Crippen molar-refractivity contribution in [2.24, 2.45) is 0 Å². The van der Waals surface area contributed by atoms with Crippen molar-refractivity contribution in [3.05, 3.63) is 48.9 Å². The van der Waals surface area contributed by atoms with E-state index in [0.717, 1.165) is 28.3 Å². The largest absolute Gasteiger partial charge is 0.363 e. The number of hydrogen-bond acceptors (Lipinski definition) is 4. The molecule has 2 heterocycles. The smallest absolute Gasteiger partial charge is 0.132 e. The van der Waals surface area contributed by atoms with Gasteiger partial charge in [-0.2, -0.15) is 5.10 Å². The van der Waals surface area contributed by atoms with Crippen molar-refractivity contribution in [2.45, 2.75) is 0 Å². The zero-order valence-corrected chi connectivity index (χ0v) is 11.4. The number of aromatic amines is 1. The van der Waals surface area contributed by atoms with E-state index in [1.165, 1.54) is 0 Å². The topological polar surface area (TPSA) is 57.7 Å². The van der Waals surface area contributed by atoms with Crippen LogP contribution in [0.1, 0.15) is 0 Å². The Morgan fingerprint density at radius 3 is 2.60 bits per heavy atom. The lowest BCUT2D eigenvalue weighted by Gasteiger charge is -2.11. The summed E-state index contributed by atoms with van der Waals surface area (Å²) in [4.78, 5) is 10.5. The van der Waals surface area contributed by atoms with Crippen LogP contribution in [0.5, 0.6) is 0 Å². The van der Waals surface area contributed by atoms with Gasteiger partial charge >= 0.3 is 0 Å². The predicted octanol–water partition coefficient (Wildman–Crippen LogP) is 2.60. The van der Waals surface area contributed by atoms with E-state index in [0.29, 0.717) is 0 Å². The second kappa shape index (κ2) is 5.13. The summed E-state index contributed by atoms with van der Waals surface area (Å²) in [5, 5.41) is 6.95. The minimum atomic E-state index is 0.891. The van der Waals surface area contributed by atoms with Crippen molar-refractivity contribution in [2.75, 3.05) is 19.0 Å². The lowest BCUT2D eigenvalue weighted by Crippen LogP contribution is -2.10. The van der Waals surface area contributed by atoms with Gasteiger partial charge in [-0.25, -0.2) is 9.97 Å². The first kappa shape index (κ1) is 12.3. The summed E-state index contributed by atoms with van der Waals surface area (Å²) < 4.78 is 0. The predicted molar refractivity (Wildman–Crippen MR) is 79.4 cm³/mol. The van der Waals surface area contributed by atoms with Crippen LogP contribution in [0.25, 0.3) is 22.5 Å². The summed E-state index contributed by atoms with van der Waals surface area (Å²) in [6.45, 7) is 0. The molecule has 3 rings (SSSR count). The fourth-order valence-electron chi connectivity index (χ4n) is 2.01. The van der Waals surface area contributed by atoms with E-state index in [4.69, 9.17) is 0 Å². The average Bonchev–Trinajstić information content (AvgIpc) is 3.02. The van der Waals surface area contributed by atoms with Crippen LogP contribution in [-0.2, 0) is 0 Å². The molecule has 2 aromatic heterocycles. The molecule has 0 aliphatic rings. The zero-order valence-electron chi connectivity index (χ0n) is 11.4. The van der Waals surface area contributed by atoms with Crippen LogP contribution in [0.2, 0.25) is 0 Å². The van der Waals surface area contributed by atoms with Gasteiger partial charge in [-0.05, 0) is 12.1 Å². The molecule has 0 aliphatic carbocycles. The Labute approximate surface area is 117 Å². The molecule has 5 nitrogen and oxygen atoms in total. The number of aromatic nitrogens is 4. The zero-order chi connectivity index (χ0) is 13.9. The molecule has 0 amide bonds. The van der Waals surface area contributed by atoms with Crippen molar-refractivity contribution >= 4 is 5.82 Å². The minimum absolute atomic E-state index is 0.891. The first-order chi connectivity index (χ1) is 9.74. The standard InChI is InChI=1S/C15H15N5/c1-20(2)15-9-14(16-10-17-15)12-5-3-4-11(8-12)13-6-7-18-19-13/h3-10H,1-2H3,(H,18,19). The normalized spacial score (nSPS) is 10.5. The number of rotatable bonds is 3. The number of nitrogens with one attached hydrogen (secondary N) is 1. The summed E-state index contributed by atoms with van der Waals surface area (Å²) in [6, 6.07) is 12.1. The quantitative estimate of drug-likeness (QED) is 0.790. The van der Waals surface area contributed by atoms with E-state index < -0.39 is 0 Å². The van der Waals surface area contributed by atoms with Gasteiger partial charge in [0.1, 0.15) is 12.1 Å². The Morgan fingerprint density at radius 1 is 1.00 bits per heavy atom. The molecule has 0 saturated heterocycles. The van der Waals surface area contributed by atoms with E-state index in [1.54, 1.807) is 12.5 Å². The van der Waals surface area contributed by atoms with Gasteiger partial charge < -0.3 is 4.90 Å². The summed E-state index contributed by atoms with van der Waals surface area (Å²) in [5.74, 6) is 0.891. The molecule has 1 aromatic carbocycles. The summed E-state index contributed by atoms with van der Waals surface area (Å²) in [7, 11) is 3.93. The molecular formula is C15H15N5. The number of hydrogen-bond donors (Lipinski definition) is 1. The molecule has 0 bridgehead atoms. The fraction of sp³-hybridized carbons (Fsp3) is 0.133. The molecular weight excluding hydrogens is 250 g/mol. The van der Waals surface area contributed by atoms with Gasteiger partial charge in [0.05, 0.1) is 11.4 Å². The molecule has 0 saturated carbocycles. The molecule has 0 radical (unpaired) electrons. The highest BCUT2D eigenvalue weighted by Crippen LogP contribution is 2.25. The first-order valence-corrected chi connectivity index (χ1v) is 6.33. The average molecular weight is 265 g/mol. The Balaban J connectivity index is 2.02. The fourth-order valence-corrected chi connectivity index (χ4v) is 2.01. The minimum Gasteiger partial charge on any atom is -0.363 e. The third-order valence-electron chi connectivity index (χ3n) is 3.08. The number of H-pyrrole nitrogens is 1. The van der Waals surface area contributed by atoms with Crippen molar-refractivity contribution < 1.29 is 0 Å². The van der Waals surface area contributed by atoms with Crippen LogP contribution < -0.4 is 4.90 Å². The molecule has 0 spiro atoms. The molecule has 0 fully saturated rings. The Kier molecular flexibility index (Phi) is 3.16. The monoisotopic (exact) mass is 265 g/mol. The van der Waals surface area contributed by atoms with Gasteiger partial charge in [0.15, 0.2) is 0 Å². The van der Waals surface area contributed by atoms with Gasteiger partial charge in [0, 0.05) is 37.5 Å². The van der Waals surface area contributed by atoms with E-state index in [2.05, 4.69) is 26.2 Å². The first-order valence-electron chi connectivity index (χ1n) is 6.33. The molecule has 1 N–H and O–H groups in total. The van der Waals surface area contributed by atoms with Crippen molar-refractivity contribution in [1.82, 2.24) is 20.2 Å².